The average molecular weight is 206 g/mol. The summed E-state index contributed by atoms with van der Waals surface area (Å²) in [7, 11) is 0. The molecule has 2 rings (SSSR count). The highest BCUT2D eigenvalue weighted by atomic mass is 35.5. The summed E-state index contributed by atoms with van der Waals surface area (Å²) in [6.07, 6.45) is 5.33. The molecule has 0 aromatic carbocycles. The Morgan fingerprint density at radius 3 is 2.77 bits per heavy atom. The van der Waals surface area contributed by atoms with Crippen molar-refractivity contribution >= 4 is 12.4 Å². The highest BCUT2D eigenvalue weighted by molar-refractivity contribution is 5.85. The van der Waals surface area contributed by atoms with Crippen LogP contribution in [0, 0.1) is 17.8 Å². The summed E-state index contributed by atoms with van der Waals surface area (Å²) >= 11 is 0. The zero-order chi connectivity index (χ0) is 8.39. The van der Waals surface area contributed by atoms with Crippen LogP contribution < -0.4 is 5.73 Å². The van der Waals surface area contributed by atoms with Gasteiger partial charge in [0, 0.05) is 13.2 Å². The maximum atomic E-state index is 5.69. The quantitative estimate of drug-likeness (QED) is 0.709. The van der Waals surface area contributed by atoms with E-state index in [2.05, 4.69) is 0 Å². The van der Waals surface area contributed by atoms with Crippen LogP contribution in [-0.4, -0.2) is 19.8 Å². The lowest BCUT2D eigenvalue weighted by Crippen LogP contribution is -2.35. The summed E-state index contributed by atoms with van der Waals surface area (Å²) in [5.74, 6) is 2.60. The highest BCUT2D eigenvalue weighted by Gasteiger charge is 2.31. The molecule has 0 amide bonds. The number of halogens is 1. The smallest absolute Gasteiger partial charge is 0.0496 e. The van der Waals surface area contributed by atoms with Crippen molar-refractivity contribution in [1.29, 1.82) is 0 Å². The first-order chi connectivity index (χ1) is 5.90. The van der Waals surface area contributed by atoms with Crippen LogP contribution >= 0.6 is 12.4 Å². The molecule has 1 heterocycles. The predicted molar refractivity (Wildman–Crippen MR) is 56.1 cm³/mol. The van der Waals surface area contributed by atoms with E-state index >= 15 is 0 Å². The molecule has 2 nitrogen and oxygen atoms in total. The number of hydrogen-bond acceptors (Lipinski definition) is 2. The van der Waals surface area contributed by atoms with E-state index in [0.29, 0.717) is 0 Å². The van der Waals surface area contributed by atoms with Crippen molar-refractivity contribution in [3.8, 4) is 0 Å². The predicted octanol–water partition coefficient (Wildman–Crippen LogP) is 1.82. The molecule has 1 aliphatic carbocycles. The van der Waals surface area contributed by atoms with E-state index in [9.17, 15) is 0 Å². The molecule has 13 heavy (non-hydrogen) atoms. The lowest BCUT2D eigenvalue weighted by atomic mass is 9.72. The van der Waals surface area contributed by atoms with E-state index in [4.69, 9.17) is 10.5 Å². The normalized spacial score (nSPS) is 39.0. The summed E-state index contributed by atoms with van der Waals surface area (Å²) in [5, 5.41) is 0. The molecule has 3 heteroatoms. The number of fused-ring (bicyclic) bond motifs is 1. The first kappa shape index (κ1) is 11.3. The van der Waals surface area contributed by atoms with Gasteiger partial charge in [0.05, 0.1) is 0 Å². The zero-order valence-corrected chi connectivity index (χ0v) is 8.89. The molecule has 2 aliphatic rings. The molecule has 0 aromatic heterocycles. The second-order valence-electron chi connectivity index (χ2n) is 4.30. The van der Waals surface area contributed by atoms with Gasteiger partial charge in [-0.05, 0) is 50.0 Å². The van der Waals surface area contributed by atoms with E-state index in [-0.39, 0.29) is 12.4 Å². The number of ether oxygens (including phenoxy) is 1. The topological polar surface area (TPSA) is 35.2 Å². The van der Waals surface area contributed by atoms with Crippen molar-refractivity contribution in [2.24, 2.45) is 23.5 Å². The minimum absolute atomic E-state index is 0. The Morgan fingerprint density at radius 2 is 2.00 bits per heavy atom. The van der Waals surface area contributed by atoms with Crippen molar-refractivity contribution in [3.63, 3.8) is 0 Å². The minimum atomic E-state index is 0. The van der Waals surface area contributed by atoms with Gasteiger partial charge in [0.2, 0.25) is 0 Å². The molecule has 2 N–H and O–H groups in total. The van der Waals surface area contributed by atoms with E-state index in [1.54, 1.807) is 0 Å². The Hall–Kier alpha value is 0.210. The van der Waals surface area contributed by atoms with Gasteiger partial charge in [-0.3, -0.25) is 0 Å². The van der Waals surface area contributed by atoms with Gasteiger partial charge in [-0.15, -0.1) is 12.4 Å². The molecule has 3 unspecified atom stereocenters. The summed E-state index contributed by atoms with van der Waals surface area (Å²) in [6, 6.07) is 0. The average Bonchev–Trinajstić information content (AvgIpc) is 2.17. The largest absolute Gasteiger partial charge is 0.381 e. The van der Waals surface area contributed by atoms with Crippen molar-refractivity contribution < 1.29 is 4.74 Å². The molecule has 0 aromatic rings. The molecule has 1 saturated heterocycles. The van der Waals surface area contributed by atoms with Crippen molar-refractivity contribution in [1.82, 2.24) is 0 Å². The number of nitrogens with two attached hydrogens (primary N) is 1. The van der Waals surface area contributed by atoms with Gasteiger partial charge in [-0.1, -0.05) is 0 Å². The molecule has 0 radical (unpaired) electrons. The van der Waals surface area contributed by atoms with Crippen LogP contribution in [0.5, 0.6) is 0 Å². The van der Waals surface area contributed by atoms with Crippen molar-refractivity contribution in [3.05, 3.63) is 0 Å². The Kier molecular flexibility index (Phi) is 4.50. The molecule has 1 saturated carbocycles. The second kappa shape index (κ2) is 5.18. The maximum Gasteiger partial charge on any atom is 0.0496 e. The first-order valence-electron chi connectivity index (χ1n) is 5.18. The fourth-order valence-electron chi connectivity index (χ4n) is 2.68. The van der Waals surface area contributed by atoms with Crippen LogP contribution in [0.25, 0.3) is 0 Å². The Morgan fingerprint density at radius 1 is 1.15 bits per heavy atom. The maximum absolute atomic E-state index is 5.69. The van der Waals surface area contributed by atoms with Gasteiger partial charge in [0.25, 0.3) is 0 Å². The fourth-order valence-corrected chi connectivity index (χ4v) is 2.68. The molecule has 0 spiro atoms. The Bertz CT molecular complexity index is 154. The molecule has 78 valence electrons. The standard InChI is InChI=1S/C10H19NO.ClH/c11-6-8-1-2-10-7-12-4-3-9(10)5-8;/h8-10H,1-7,11H2;1H. The highest BCUT2D eigenvalue weighted by Crippen LogP contribution is 2.37. The molecular weight excluding hydrogens is 186 g/mol. The van der Waals surface area contributed by atoms with Crippen LogP contribution in [0.2, 0.25) is 0 Å². The lowest BCUT2D eigenvalue weighted by Gasteiger charge is -2.38. The molecular formula is C10H20ClNO. The van der Waals surface area contributed by atoms with E-state index < -0.39 is 0 Å². The lowest BCUT2D eigenvalue weighted by molar-refractivity contribution is -0.0119. The van der Waals surface area contributed by atoms with Gasteiger partial charge in [0.15, 0.2) is 0 Å². The number of hydrogen-bond donors (Lipinski definition) is 1. The third-order valence-electron chi connectivity index (χ3n) is 3.55. The molecule has 0 bridgehead atoms. The third kappa shape index (κ3) is 2.58. The molecule has 3 atom stereocenters. The monoisotopic (exact) mass is 205 g/mol. The number of rotatable bonds is 1. The van der Waals surface area contributed by atoms with E-state index in [1.807, 2.05) is 0 Å². The van der Waals surface area contributed by atoms with Crippen molar-refractivity contribution in [2.75, 3.05) is 19.8 Å². The van der Waals surface area contributed by atoms with Crippen molar-refractivity contribution in [2.45, 2.75) is 25.7 Å². The van der Waals surface area contributed by atoms with Crippen LogP contribution in [0.15, 0.2) is 0 Å². The minimum Gasteiger partial charge on any atom is -0.381 e. The third-order valence-corrected chi connectivity index (χ3v) is 3.55. The van der Waals surface area contributed by atoms with Gasteiger partial charge in [0.1, 0.15) is 0 Å². The SMILES string of the molecule is Cl.NCC1CCC2COCCC2C1. The van der Waals surface area contributed by atoms with E-state index in [0.717, 1.165) is 37.5 Å². The fraction of sp³-hybridized carbons (Fsp3) is 1.00. The zero-order valence-electron chi connectivity index (χ0n) is 8.08. The van der Waals surface area contributed by atoms with Gasteiger partial charge in [-0.2, -0.15) is 0 Å². The van der Waals surface area contributed by atoms with Crippen LogP contribution in [0.4, 0.5) is 0 Å². The summed E-state index contributed by atoms with van der Waals surface area (Å²) in [5.41, 5.74) is 5.69. The second-order valence-corrected chi connectivity index (χ2v) is 4.30. The van der Waals surface area contributed by atoms with Crippen LogP contribution in [0.1, 0.15) is 25.7 Å². The molecule has 2 fully saturated rings. The Labute approximate surface area is 86.6 Å². The Balaban J connectivity index is 0.000000845. The summed E-state index contributed by atoms with van der Waals surface area (Å²) in [6.45, 7) is 2.89. The van der Waals surface area contributed by atoms with Crippen LogP contribution in [-0.2, 0) is 4.74 Å². The van der Waals surface area contributed by atoms with Gasteiger partial charge >= 0.3 is 0 Å². The first-order valence-corrected chi connectivity index (χ1v) is 5.18. The van der Waals surface area contributed by atoms with Gasteiger partial charge < -0.3 is 10.5 Å². The van der Waals surface area contributed by atoms with Gasteiger partial charge in [-0.25, -0.2) is 0 Å². The summed E-state index contributed by atoms with van der Waals surface area (Å²) in [4.78, 5) is 0. The van der Waals surface area contributed by atoms with Crippen LogP contribution in [0.3, 0.4) is 0 Å². The van der Waals surface area contributed by atoms with E-state index in [1.165, 1.54) is 25.7 Å². The summed E-state index contributed by atoms with van der Waals surface area (Å²) < 4.78 is 5.48. The molecule has 1 aliphatic heterocycles.